The van der Waals surface area contributed by atoms with Crippen LogP contribution in [0.3, 0.4) is 0 Å². The highest BCUT2D eigenvalue weighted by atomic mass is 79.9. The summed E-state index contributed by atoms with van der Waals surface area (Å²) < 4.78 is 6.57. The van der Waals surface area contributed by atoms with Crippen LogP contribution in [0.25, 0.3) is 10.8 Å². The molecule has 3 aromatic rings. The summed E-state index contributed by atoms with van der Waals surface area (Å²) in [6.45, 7) is 3.05. The van der Waals surface area contributed by atoms with E-state index in [2.05, 4.69) is 33.4 Å². The highest BCUT2D eigenvalue weighted by molar-refractivity contribution is 9.10. The summed E-state index contributed by atoms with van der Waals surface area (Å²) in [4.78, 5) is 11.4. The van der Waals surface area contributed by atoms with Crippen molar-refractivity contribution in [1.82, 2.24) is 0 Å². The van der Waals surface area contributed by atoms with Crippen molar-refractivity contribution in [3.05, 3.63) is 70.2 Å². The number of hydrogen-bond donors (Lipinski definition) is 2. The van der Waals surface area contributed by atoms with Crippen molar-refractivity contribution in [2.24, 2.45) is 0 Å². The monoisotopic (exact) mass is 413 g/mol. The van der Waals surface area contributed by atoms with Crippen LogP contribution < -0.4 is 10.1 Å². The van der Waals surface area contributed by atoms with Gasteiger partial charge in [-0.2, -0.15) is 0 Å². The first kappa shape index (κ1) is 18.3. The van der Waals surface area contributed by atoms with E-state index in [1.807, 2.05) is 43.3 Å². The fraction of sp³-hybridized carbons (Fsp3) is 0.190. The molecule has 0 spiro atoms. The van der Waals surface area contributed by atoms with Gasteiger partial charge in [0.2, 0.25) is 0 Å². The summed E-state index contributed by atoms with van der Waals surface area (Å²) >= 11 is 3.44. The lowest BCUT2D eigenvalue weighted by Gasteiger charge is -2.13. The van der Waals surface area contributed by atoms with Gasteiger partial charge in [-0.25, -0.2) is 4.79 Å². The lowest BCUT2D eigenvalue weighted by Crippen LogP contribution is -2.11. The van der Waals surface area contributed by atoms with Crippen molar-refractivity contribution >= 4 is 38.4 Å². The van der Waals surface area contributed by atoms with Crippen molar-refractivity contribution in [2.75, 3.05) is 18.5 Å². The van der Waals surface area contributed by atoms with Gasteiger partial charge in [-0.3, -0.25) is 0 Å². The number of nitrogens with one attached hydrogen (secondary N) is 1. The molecule has 0 aliphatic heterocycles. The Morgan fingerprint density at radius 3 is 2.65 bits per heavy atom. The lowest BCUT2D eigenvalue weighted by atomic mass is 10.1. The first-order valence-corrected chi connectivity index (χ1v) is 9.23. The predicted octanol–water partition coefficient (Wildman–Crippen LogP) is 5.49. The molecule has 0 aliphatic rings. The van der Waals surface area contributed by atoms with Crippen molar-refractivity contribution in [2.45, 2.75) is 13.3 Å². The molecule has 0 aromatic heterocycles. The number of carboxylic acid groups (broad SMARTS) is 1. The topological polar surface area (TPSA) is 58.6 Å². The van der Waals surface area contributed by atoms with Gasteiger partial charge in [-0.05, 0) is 69.9 Å². The second-order valence-electron chi connectivity index (χ2n) is 6.11. The van der Waals surface area contributed by atoms with Gasteiger partial charge in [0.05, 0.1) is 17.9 Å². The molecule has 0 saturated heterocycles. The quantitative estimate of drug-likeness (QED) is 0.502. The van der Waals surface area contributed by atoms with E-state index in [9.17, 15) is 9.90 Å². The number of fused-ring (bicyclic) bond motifs is 1. The molecule has 134 valence electrons. The molecule has 0 heterocycles. The number of benzene rings is 3. The van der Waals surface area contributed by atoms with Gasteiger partial charge < -0.3 is 15.2 Å². The van der Waals surface area contributed by atoms with E-state index < -0.39 is 5.97 Å². The molecular formula is C21H20BrNO3. The predicted molar refractivity (Wildman–Crippen MR) is 108 cm³/mol. The molecule has 0 radical (unpaired) electrons. The third kappa shape index (κ3) is 4.35. The third-order valence-corrected chi connectivity index (χ3v) is 4.70. The summed E-state index contributed by atoms with van der Waals surface area (Å²) in [6, 6.07) is 17.8. The molecule has 3 rings (SSSR count). The summed E-state index contributed by atoms with van der Waals surface area (Å²) in [6.07, 6.45) is 0.756. The van der Waals surface area contributed by atoms with Crippen LogP contribution in [0, 0.1) is 6.92 Å². The van der Waals surface area contributed by atoms with E-state index >= 15 is 0 Å². The zero-order valence-electron chi connectivity index (χ0n) is 14.5. The molecule has 0 saturated carbocycles. The van der Waals surface area contributed by atoms with E-state index in [-0.39, 0.29) is 5.56 Å². The zero-order valence-corrected chi connectivity index (χ0v) is 16.0. The molecule has 0 fully saturated rings. The first-order valence-electron chi connectivity index (χ1n) is 8.43. The van der Waals surface area contributed by atoms with Gasteiger partial charge in [0.15, 0.2) is 0 Å². The number of aromatic carboxylic acids is 1. The van der Waals surface area contributed by atoms with Crippen LogP contribution in [0.15, 0.2) is 59.1 Å². The van der Waals surface area contributed by atoms with Gasteiger partial charge in [-0.1, -0.05) is 30.3 Å². The Labute approximate surface area is 160 Å². The average molecular weight is 414 g/mol. The minimum atomic E-state index is -0.940. The van der Waals surface area contributed by atoms with Crippen LogP contribution in [-0.4, -0.2) is 24.2 Å². The molecule has 2 N–H and O–H groups in total. The summed E-state index contributed by atoms with van der Waals surface area (Å²) in [7, 11) is 0. The fourth-order valence-corrected chi connectivity index (χ4v) is 3.54. The molecule has 0 unspecified atom stereocenters. The Morgan fingerprint density at radius 2 is 1.88 bits per heavy atom. The molecular weight excluding hydrogens is 394 g/mol. The minimum absolute atomic E-state index is 0.271. The van der Waals surface area contributed by atoms with Gasteiger partial charge in [0, 0.05) is 11.0 Å². The van der Waals surface area contributed by atoms with Gasteiger partial charge in [0.1, 0.15) is 5.75 Å². The summed E-state index contributed by atoms with van der Waals surface area (Å²) in [5, 5.41) is 14.9. The van der Waals surface area contributed by atoms with Crippen molar-refractivity contribution in [1.29, 1.82) is 0 Å². The molecule has 0 amide bonds. The zero-order chi connectivity index (χ0) is 18.5. The number of carboxylic acids is 1. The SMILES string of the molecule is Cc1cc(Br)c(NCCCOc2ccc3ccccc3c2)c(C(=O)O)c1. The highest BCUT2D eigenvalue weighted by Gasteiger charge is 2.13. The number of anilines is 1. The van der Waals surface area contributed by atoms with E-state index in [0.29, 0.717) is 18.8 Å². The third-order valence-electron chi connectivity index (χ3n) is 4.08. The van der Waals surface area contributed by atoms with Crippen molar-refractivity contribution in [3.63, 3.8) is 0 Å². The fourth-order valence-electron chi connectivity index (χ4n) is 2.82. The van der Waals surface area contributed by atoms with Crippen LogP contribution in [0.4, 0.5) is 5.69 Å². The maximum Gasteiger partial charge on any atom is 0.337 e. The number of ether oxygens (including phenoxy) is 1. The van der Waals surface area contributed by atoms with Crippen LogP contribution in [-0.2, 0) is 0 Å². The van der Waals surface area contributed by atoms with Crippen molar-refractivity contribution < 1.29 is 14.6 Å². The molecule has 0 atom stereocenters. The average Bonchev–Trinajstić information content (AvgIpc) is 2.62. The Hall–Kier alpha value is -2.53. The second kappa shape index (κ2) is 8.23. The minimum Gasteiger partial charge on any atom is -0.494 e. The van der Waals surface area contributed by atoms with E-state index in [1.165, 1.54) is 5.39 Å². The molecule has 5 heteroatoms. The number of aryl methyl sites for hydroxylation is 1. The first-order chi connectivity index (χ1) is 12.5. The van der Waals surface area contributed by atoms with Gasteiger partial charge >= 0.3 is 5.97 Å². The standard InChI is InChI=1S/C21H20BrNO3/c1-14-11-18(21(24)25)20(19(22)12-14)23-9-4-10-26-17-8-7-15-5-2-3-6-16(15)13-17/h2-3,5-8,11-13,23H,4,9-10H2,1H3,(H,24,25). The Bertz CT molecular complexity index is 940. The van der Waals surface area contributed by atoms with Crippen LogP contribution in [0.2, 0.25) is 0 Å². The maximum atomic E-state index is 11.4. The molecule has 3 aromatic carbocycles. The maximum absolute atomic E-state index is 11.4. The van der Waals surface area contributed by atoms with Crippen molar-refractivity contribution in [3.8, 4) is 5.75 Å². The Balaban J connectivity index is 1.55. The summed E-state index contributed by atoms with van der Waals surface area (Å²) in [5.74, 6) is -0.101. The van der Waals surface area contributed by atoms with E-state index in [0.717, 1.165) is 27.6 Å². The Morgan fingerprint density at radius 1 is 1.12 bits per heavy atom. The highest BCUT2D eigenvalue weighted by Crippen LogP contribution is 2.28. The molecule has 0 aliphatic carbocycles. The number of rotatable bonds is 7. The molecule has 4 nitrogen and oxygen atoms in total. The van der Waals surface area contributed by atoms with Gasteiger partial charge in [0.25, 0.3) is 0 Å². The molecule has 0 bridgehead atoms. The normalized spacial score (nSPS) is 10.7. The summed E-state index contributed by atoms with van der Waals surface area (Å²) in [5.41, 5.74) is 1.78. The van der Waals surface area contributed by atoms with Gasteiger partial charge in [-0.15, -0.1) is 0 Å². The van der Waals surface area contributed by atoms with E-state index in [1.54, 1.807) is 6.07 Å². The molecule has 26 heavy (non-hydrogen) atoms. The number of halogens is 1. The smallest absolute Gasteiger partial charge is 0.337 e. The lowest BCUT2D eigenvalue weighted by molar-refractivity contribution is 0.0697. The van der Waals surface area contributed by atoms with Crippen LogP contribution in [0.1, 0.15) is 22.3 Å². The number of hydrogen-bond acceptors (Lipinski definition) is 3. The number of carbonyl (C=O) groups is 1. The Kier molecular flexibility index (Phi) is 5.78. The second-order valence-corrected chi connectivity index (χ2v) is 6.97. The van der Waals surface area contributed by atoms with Crippen LogP contribution in [0.5, 0.6) is 5.75 Å². The van der Waals surface area contributed by atoms with Crippen LogP contribution >= 0.6 is 15.9 Å². The van der Waals surface area contributed by atoms with E-state index in [4.69, 9.17) is 4.74 Å². The largest absolute Gasteiger partial charge is 0.494 e.